The third kappa shape index (κ3) is 3.82. The summed E-state index contributed by atoms with van der Waals surface area (Å²) >= 11 is 3.20. The van der Waals surface area contributed by atoms with E-state index < -0.39 is 5.82 Å². The lowest BCUT2D eigenvalue weighted by atomic mass is 10.1. The molecule has 0 saturated carbocycles. The molecule has 0 aromatic heterocycles. The van der Waals surface area contributed by atoms with E-state index in [1.807, 2.05) is 23.1 Å². The molecule has 1 heterocycles. The summed E-state index contributed by atoms with van der Waals surface area (Å²) in [5.41, 5.74) is 1.96. The maximum absolute atomic E-state index is 13.1. The number of hydrogen-bond acceptors (Lipinski definition) is 2. The summed E-state index contributed by atoms with van der Waals surface area (Å²) in [5.74, 6) is -0.563. The number of nitrogens with one attached hydrogen (secondary N) is 1. The van der Waals surface area contributed by atoms with Gasteiger partial charge in [-0.05, 0) is 58.2 Å². The topological polar surface area (TPSA) is 49.4 Å². The highest BCUT2D eigenvalue weighted by atomic mass is 79.9. The Labute approximate surface area is 147 Å². The van der Waals surface area contributed by atoms with Crippen LogP contribution in [-0.4, -0.2) is 23.3 Å². The first-order valence-corrected chi connectivity index (χ1v) is 8.45. The number of rotatable bonds is 4. The molecule has 0 bridgehead atoms. The van der Waals surface area contributed by atoms with Gasteiger partial charge in [-0.1, -0.05) is 12.1 Å². The van der Waals surface area contributed by atoms with Crippen molar-refractivity contribution in [3.63, 3.8) is 0 Å². The summed E-state index contributed by atoms with van der Waals surface area (Å²) in [6.07, 6.45) is 1.50. The number of hydrogen-bond donors (Lipinski definition) is 1. The van der Waals surface area contributed by atoms with E-state index >= 15 is 0 Å². The Kier molecular flexibility index (Phi) is 4.94. The second-order valence-electron chi connectivity index (χ2n) is 5.70. The van der Waals surface area contributed by atoms with Crippen LogP contribution in [0.4, 0.5) is 10.1 Å². The van der Waals surface area contributed by atoms with Crippen molar-refractivity contribution < 1.29 is 14.0 Å². The maximum atomic E-state index is 13.1. The second kappa shape index (κ2) is 7.13. The van der Waals surface area contributed by atoms with Gasteiger partial charge in [0, 0.05) is 29.7 Å². The van der Waals surface area contributed by atoms with Gasteiger partial charge in [-0.25, -0.2) is 4.39 Å². The first-order valence-electron chi connectivity index (χ1n) is 7.66. The molecular formula is C18H16BrFN2O2. The van der Waals surface area contributed by atoms with Crippen molar-refractivity contribution in [2.24, 2.45) is 0 Å². The predicted molar refractivity (Wildman–Crippen MR) is 93.1 cm³/mol. The molecule has 2 amide bonds. The Hall–Kier alpha value is -2.21. The average molecular weight is 391 g/mol. The lowest BCUT2D eigenvalue weighted by molar-refractivity contribution is -0.128. The molecular weight excluding hydrogens is 375 g/mol. The van der Waals surface area contributed by atoms with Crippen molar-refractivity contribution in [2.45, 2.75) is 19.4 Å². The van der Waals surface area contributed by atoms with Crippen LogP contribution in [0, 0.1) is 5.82 Å². The van der Waals surface area contributed by atoms with Gasteiger partial charge >= 0.3 is 0 Å². The fraction of sp³-hybridized carbons (Fsp3) is 0.222. The van der Waals surface area contributed by atoms with Crippen LogP contribution in [0.2, 0.25) is 0 Å². The third-order valence-electron chi connectivity index (χ3n) is 3.91. The first-order chi connectivity index (χ1) is 11.5. The molecule has 2 aromatic rings. The van der Waals surface area contributed by atoms with Crippen LogP contribution in [0.15, 0.2) is 46.9 Å². The molecule has 4 nitrogen and oxygen atoms in total. The minimum atomic E-state index is -0.407. The predicted octanol–water partition coefficient (Wildman–Crippen LogP) is 3.96. The Morgan fingerprint density at radius 3 is 2.79 bits per heavy atom. The number of carbonyl (C=O) groups excluding carboxylic acids is 2. The molecule has 2 aromatic carbocycles. The molecule has 3 rings (SSSR count). The summed E-state index contributed by atoms with van der Waals surface area (Å²) in [6, 6.07) is 11.3. The van der Waals surface area contributed by atoms with E-state index in [9.17, 15) is 14.0 Å². The first kappa shape index (κ1) is 16.6. The van der Waals surface area contributed by atoms with Crippen molar-refractivity contribution in [2.75, 3.05) is 11.9 Å². The summed E-state index contributed by atoms with van der Waals surface area (Å²) in [5, 5.41) is 2.80. The van der Waals surface area contributed by atoms with E-state index in [0.717, 1.165) is 18.5 Å². The molecule has 1 fully saturated rings. The summed E-state index contributed by atoms with van der Waals surface area (Å²) in [4.78, 5) is 25.9. The fourth-order valence-corrected chi connectivity index (χ4v) is 3.24. The molecule has 1 aliphatic heterocycles. The lowest BCUT2D eigenvalue weighted by Gasteiger charge is -2.16. The van der Waals surface area contributed by atoms with Crippen LogP contribution in [0.25, 0.3) is 0 Å². The number of nitrogens with zero attached hydrogens (tertiary/aromatic N) is 1. The largest absolute Gasteiger partial charge is 0.338 e. The van der Waals surface area contributed by atoms with Gasteiger partial charge in [-0.15, -0.1) is 0 Å². The smallest absolute Gasteiger partial charge is 0.256 e. The van der Waals surface area contributed by atoms with Crippen LogP contribution in [-0.2, 0) is 11.3 Å². The molecule has 24 heavy (non-hydrogen) atoms. The monoisotopic (exact) mass is 390 g/mol. The number of halogens is 2. The van der Waals surface area contributed by atoms with Gasteiger partial charge in [0.1, 0.15) is 5.82 Å². The van der Waals surface area contributed by atoms with Gasteiger partial charge in [0.25, 0.3) is 5.91 Å². The normalized spacial score (nSPS) is 14.1. The van der Waals surface area contributed by atoms with Crippen molar-refractivity contribution in [1.29, 1.82) is 0 Å². The summed E-state index contributed by atoms with van der Waals surface area (Å²) in [7, 11) is 0. The molecule has 1 N–H and O–H groups in total. The minimum Gasteiger partial charge on any atom is -0.338 e. The molecule has 124 valence electrons. The Balaban J connectivity index is 1.72. The maximum Gasteiger partial charge on any atom is 0.256 e. The lowest BCUT2D eigenvalue weighted by Crippen LogP contribution is -2.23. The highest BCUT2D eigenvalue weighted by Gasteiger charge is 2.20. The molecule has 0 aliphatic carbocycles. The zero-order valence-corrected chi connectivity index (χ0v) is 14.5. The Bertz CT molecular complexity index is 794. The number of carbonyl (C=O) groups is 2. The molecule has 0 unspecified atom stereocenters. The molecule has 1 saturated heterocycles. The van der Waals surface area contributed by atoms with E-state index in [-0.39, 0.29) is 11.8 Å². The van der Waals surface area contributed by atoms with Crippen molar-refractivity contribution in [1.82, 2.24) is 4.90 Å². The molecule has 6 heteroatoms. The summed E-state index contributed by atoms with van der Waals surface area (Å²) < 4.78 is 13.5. The van der Waals surface area contributed by atoms with E-state index in [1.165, 1.54) is 18.2 Å². The molecule has 0 radical (unpaired) electrons. The summed E-state index contributed by atoms with van der Waals surface area (Å²) in [6.45, 7) is 1.32. The Morgan fingerprint density at radius 2 is 2.08 bits per heavy atom. The van der Waals surface area contributed by atoms with Crippen molar-refractivity contribution in [3.8, 4) is 0 Å². The van der Waals surface area contributed by atoms with E-state index in [4.69, 9.17) is 0 Å². The standard InChI is InChI=1S/C18H16BrFN2O2/c19-16-10-13(20)6-7-15(16)18(24)21-14-4-1-3-12(9-14)11-22-8-2-5-17(22)23/h1,3-4,6-7,9-10H,2,5,8,11H2,(H,21,24). The van der Waals surface area contributed by atoms with E-state index in [1.54, 1.807) is 6.07 Å². The van der Waals surface area contributed by atoms with Crippen LogP contribution < -0.4 is 5.32 Å². The van der Waals surface area contributed by atoms with Crippen LogP contribution in [0.1, 0.15) is 28.8 Å². The fourth-order valence-electron chi connectivity index (χ4n) is 2.71. The zero-order valence-electron chi connectivity index (χ0n) is 12.9. The average Bonchev–Trinajstić information content (AvgIpc) is 2.92. The third-order valence-corrected chi connectivity index (χ3v) is 4.56. The van der Waals surface area contributed by atoms with Crippen LogP contribution in [0.5, 0.6) is 0 Å². The zero-order chi connectivity index (χ0) is 17.1. The number of amides is 2. The van der Waals surface area contributed by atoms with Gasteiger partial charge in [0.05, 0.1) is 5.56 Å². The van der Waals surface area contributed by atoms with Crippen LogP contribution in [0.3, 0.4) is 0 Å². The highest BCUT2D eigenvalue weighted by Crippen LogP contribution is 2.21. The van der Waals surface area contributed by atoms with Gasteiger partial charge in [0.15, 0.2) is 0 Å². The number of likely N-dealkylation sites (tertiary alicyclic amines) is 1. The SMILES string of the molecule is O=C(Nc1cccc(CN2CCCC2=O)c1)c1ccc(F)cc1Br. The van der Waals surface area contributed by atoms with Crippen molar-refractivity contribution in [3.05, 3.63) is 63.9 Å². The quantitative estimate of drug-likeness (QED) is 0.858. The Morgan fingerprint density at radius 1 is 1.25 bits per heavy atom. The molecule has 0 spiro atoms. The highest BCUT2D eigenvalue weighted by molar-refractivity contribution is 9.10. The van der Waals surface area contributed by atoms with Gasteiger partial charge in [0.2, 0.25) is 5.91 Å². The minimum absolute atomic E-state index is 0.166. The van der Waals surface area contributed by atoms with E-state index in [2.05, 4.69) is 21.2 Å². The molecule has 0 atom stereocenters. The number of anilines is 1. The van der Waals surface area contributed by atoms with Gasteiger partial charge < -0.3 is 10.2 Å². The van der Waals surface area contributed by atoms with E-state index in [0.29, 0.717) is 28.7 Å². The van der Waals surface area contributed by atoms with Crippen molar-refractivity contribution >= 4 is 33.4 Å². The van der Waals surface area contributed by atoms with Gasteiger partial charge in [-0.3, -0.25) is 9.59 Å². The van der Waals surface area contributed by atoms with Gasteiger partial charge in [-0.2, -0.15) is 0 Å². The second-order valence-corrected chi connectivity index (χ2v) is 6.55. The number of benzene rings is 2. The van der Waals surface area contributed by atoms with Crippen LogP contribution >= 0.6 is 15.9 Å². The molecule has 1 aliphatic rings.